The number of piperidine rings is 1. The van der Waals surface area contributed by atoms with Crippen LogP contribution in [0.25, 0.3) is 0 Å². The number of rotatable bonds is 2. The first kappa shape index (κ1) is 13.8. The summed E-state index contributed by atoms with van der Waals surface area (Å²) in [6.07, 6.45) is 2.56. The fraction of sp³-hybridized carbons (Fsp3) is 0.714. The van der Waals surface area contributed by atoms with E-state index in [1.165, 1.54) is 12.8 Å². The molecule has 0 amide bonds. The van der Waals surface area contributed by atoms with E-state index in [0.29, 0.717) is 10.6 Å². The summed E-state index contributed by atoms with van der Waals surface area (Å²) in [5.74, 6) is 0.838. The molecule has 2 heterocycles. The quantitative estimate of drug-likeness (QED) is 0.823. The maximum atomic E-state index is 5.74. The van der Waals surface area contributed by atoms with Crippen LogP contribution in [-0.2, 0) is 6.54 Å². The van der Waals surface area contributed by atoms with E-state index in [0.717, 1.165) is 31.2 Å². The van der Waals surface area contributed by atoms with Crippen LogP contribution in [0.2, 0.25) is 5.15 Å². The first-order valence-corrected chi connectivity index (χ1v) is 7.03. The molecule has 100 valence electrons. The third-order valence-corrected chi connectivity index (χ3v) is 4.09. The van der Waals surface area contributed by atoms with Gasteiger partial charge in [-0.2, -0.15) is 5.10 Å². The number of nitrogens with zero attached hydrogens (tertiary/aromatic N) is 3. The predicted molar refractivity (Wildman–Crippen MR) is 74.5 cm³/mol. The van der Waals surface area contributed by atoms with Crippen LogP contribution < -0.4 is 0 Å². The Kier molecular flexibility index (Phi) is 4.23. The zero-order valence-electron chi connectivity index (χ0n) is 11.5. The van der Waals surface area contributed by atoms with Gasteiger partial charge in [0.05, 0.1) is 5.69 Å². The monoisotopic (exact) mass is 267 g/mol. The second kappa shape index (κ2) is 5.54. The van der Waals surface area contributed by atoms with Crippen molar-refractivity contribution in [3.8, 4) is 0 Å². The van der Waals surface area contributed by atoms with Gasteiger partial charge < -0.3 is 0 Å². The van der Waals surface area contributed by atoms with Gasteiger partial charge in [-0.1, -0.05) is 32.4 Å². The van der Waals surface area contributed by atoms with Gasteiger partial charge in [-0.25, -0.2) is 0 Å². The Bertz CT molecular complexity index is 375. The Hall–Kier alpha value is -0.670. The lowest BCUT2D eigenvalue weighted by atomic mass is 9.75. The molecule has 0 radical (unpaired) electrons. The van der Waals surface area contributed by atoms with Crippen molar-refractivity contribution in [3.05, 3.63) is 23.0 Å². The van der Waals surface area contributed by atoms with Crippen LogP contribution in [0.4, 0.5) is 0 Å². The summed E-state index contributed by atoms with van der Waals surface area (Å²) in [6, 6.07) is 3.77. The summed E-state index contributed by atoms with van der Waals surface area (Å²) in [5.41, 5.74) is 1.44. The molecule has 3 nitrogen and oxygen atoms in total. The zero-order chi connectivity index (χ0) is 13.2. The van der Waals surface area contributed by atoms with E-state index in [2.05, 4.69) is 35.9 Å². The Morgan fingerprint density at radius 3 is 2.39 bits per heavy atom. The second-order valence-electron chi connectivity index (χ2n) is 6.26. The topological polar surface area (TPSA) is 29.0 Å². The summed E-state index contributed by atoms with van der Waals surface area (Å²) >= 11 is 5.74. The van der Waals surface area contributed by atoms with Crippen LogP contribution >= 0.6 is 11.6 Å². The van der Waals surface area contributed by atoms with Crippen molar-refractivity contribution in [2.45, 2.75) is 40.2 Å². The van der Waals surface area contributed by atoms with Gasteiger partial charge in [-0.3, -0.25) is 4.90 Å². The van der Waals surface area contributed by atoms with Crippen molar-refractivity contribution in [2.24, 2.45) is 11.3 Å². The van der Waals surface area contributed by atoms with Crippen LogP contribution in [0, 0.1) is 11.3 Å². The van der Waals surface area contributed by atoms with Crippen molar-refractivity contribution in [3.63, 3.8) is 0 Å². The molecule has 0 aromatic carbocycles. The van der Waals surface area contributed by atoms with Crippen LogP contribution in [0.5, 0.6) is 0 Å². The lowest BCUT2D eigenvalue weighted by Gasteiger charge is -2.38. The van der Waals surface area contributed by atoms with Gasteiger partial charge in [-0.05, 0) is 49.4 Å². The molecule has 1 aliphatic rings. The van der Waals surface area contributed by atoms with Crippen LogP contribution in [0.1, 0.15) is 39.3 Å². The van der Waals surface area contributed by atoms with Gasteiger partial charge in [-0.15, -0.1) is 5.10 Å². The maximum Gasteiger partial charge on any atom is 0.151 e. The Morgan fingerprint density at radius 1 is 1.22 bits per heavy atom. The smallest absolute Gasteiger partial charge is 0.151 e. The summed E-state index contributed by atoms with van der Waals surface area (Å²) in [7, 11) is 0. The Labute approximate surface area is 115 Å². The summed E-state index contributed by atoms with van der Waals surface area (Å²) in [5, 5.41) is 8.47. The summed E-state index contributed by atoms with van der Waals surface area (Å²) in [6.45, 7) is 10.2. The van der Waals surface area contributed by atoms with E-state index in [-0.39, 0.29) is 0 Å². The van der Waals surface area contributed by atoms with Gasteiger partial charge in [0.15, 0.2) is 5.15 Å². The highest BCUT2D eigenvalue weighted by molar-refractivity contribution is 6.29. The molecule has 0 bridgehead atoms. The molecule has 0 saturated carbocycles. The number of halogens is 1. The van der Waals surface area contributed by atoms with Crippen molar-refractivity contribution in [1.29, 1.82) is 0 Å². The molecular weight excluding hydrogens is 246 g/mol. The van der Waals surface area contributed by atoms with Crippen LogP contribution in [0.3, 0.4) is 0 Å². The molecule has 1 aliphatic heterocycles. The first-order chi connectivity index (χ1) is 8.45. The Morgan fingerprint density at radius 2 is 1.89 bits per heavy atom. The third kappa shape index (κ3) is 3.66. The molecule has 2 rings (SSSR count). The molecule has 1 saturated heterocycles. The number of hydrogen-bond donors (Lipinski definition) is 0. The molecule has 18 heavy (non-hydrogen) atoms. The van der Waals surface area contributed by atoms with E-state index >= 15 is 0 Å². The number of aromatic nitrogens is 2. The van der Waals surface area contributed by atoms with Crippen LogP contribution in [-0.4, -0.2) is 28.2 Å². The lowest BCUT2D eigenvalue weighted by Crippen LogP contribution is -2.37. The predicted octanol–water partition coefficient (Wildman–Crippen LogP) is 3.39. The lowest BCUT2D eigenvalue weighted by molar-refractivity contribution is 0.107. The van der Waals surface area contributed by atoms with Crippen molar-refractivity contribution >= 4 is 11.6 Å². The fourth-order valence-corrected chi connectivity index (χ4v) is 2.71. The zero-order valence-corrected chi connectivity index (χ0v) is 12.2. The van der Waals surface area contributed by atoms with Gasteiger partial charge in [0, 0.05) is 6.54 Å². The standard InChI is InChI=1S/C14H22ClN3/c1-14(2,3)11-6-8-18(9-7-11)10-12-4-5-13(15)17-16-12/h4-5,11H,6-10H2,1-3H3. The largest absolute Gasteiger partial charge is 0.297 e. The fourth-order valence-electron chi connectivity index (χ4n) is 2.61. The van der Waals surface area contributed by atoms with E-state index in [1.54, 1.807) is 0 Å². The maximum absolute atomic E-state index is 5.74. The van der Waals surface area contributed by atoms with Gasteiger partial charge >= 0.3 is 0 Å². The first-order valence-electron chi connectivity index (χ1n) is 6.65. The van der Waals surface area contributed by atoms with Crippen LogP contribution in [0.15, 0.2) is 12.1 Å². The molecule has 0 unspecified atom stereocenters. The molecule has 1 aromatic heterocycles. The number of likely N-dealkylation sites (tertiary alicyclic amines) is 1. The normalized spacial score (nSPS) is 19.1. The molecule has 0 spiro atoms. The average molecular weight is 268 g/mol. The second-order valence-corrected chi connectivity index (χ2v) is 6.65. The highest BCUT2D eigenvalue weighted by Crippen LogP contribution is 2.34. The summed E-state index contributed by atoms with van der Waals surface area (Å²) in [4.78, 5) is 2.46. The molecule has 0 aliphatic carbocycles. The van der Waals surface area contributed by atoms with E-state index in [1.807, 2.05) is 12.1 Å². The SMILES string of the molecule is CC(C)(C)C1CCN(Cc2ccc(Cl)nn2)CC1. The highest BCUT2D eigenvalue weighted by Gasteiger charge is 2.28. The Balaban J connectivity index is 1.85. The van der Waals surface area contributed by atoms with Gasteiger partial charge in [0.1, 0.15) is 0 Å². The minimum absolute atomic E-state index is 0.437. The molecule has 0 atom stereocenters. The molecule has 4 heteroatoms. The van der Waals surface area contributed by atoms with E-state index in [4.69, 9.17) is 11.6 Å². The van der Waals surface area contributed by atoms with E-state index in [9.17, 15) is 0 Å². The minimum Gasteiger partial charge on any atom is -0.297 e. The van der Waals surface area contributed by atoms with Gasteiger partial charge in [0.25, 0.3) is 0 Å². The molecular formula is C14H22ClN3. The summed E-state index contributed by atoms with van der Waals surface area (Å²) < 4.78 is 0. The highest BCUT2D eigenvalue weighted by atomic mass is 35.5. The average Bonchev–Trinajstić information content (AvgIpc) is 2.32. The van der Waals surface area contributed by atoms with Crippen molar-refractivity contribution in [1.82, 2.24) is 15.1 Å². The molecule has 0 N–H and O–H groups in total. The van der Waals surface area contributed by atoms with Crippen molar-refractivity contribution in [2.75, 3.05) is 13.1 Å². The van der Waals surface area contributed by atoms with Crippen molar-refractivity contribution < 1.29 is 0 Å². The van der Waals surface area contributed by atoms with E-state index < -0.39 is 0 Å². The molecule has 1 fully saturated rings. The number of hydrogen-bond acceptors (Lipinski definition) is 3. The van der Waals surface area contributed by atoms with Gasteiger partial charge in [0.2, 0.25) is 0 Å². The third-order valence-electron chi connectivity index (χ3n) is 3.89. The molecule has 1 aromatic rings. The minimum atomic E-state index is 0.437.